The van der Waals surface area contributed by atoms with E-state index in [4.69, 9.17) is 4.74 Å². The fraction of sp³-hybridized carbons (Fsp3) is 0.727. The SMILES string of the molecule is C[C@H]1C[C@@H]2[C@H]3CCC4=CC(=O)C=C[C@]4(C)[C@@]34O[C@H]4C[C@@]2(C)[C@]1(O)C(=O)CO. The third-order valence-corrected chi connectivity index (χ3v) is 9.08. The Hall–Kier alpha value is -1.30. The van der Waals surface area contributed by atoms with Gasteiger partial charge in [0.1, 0.15) is 17.8 Å². The molecule has 2 N–H and O–H groups in total. The predicted molar refractivity (Wildman–Crippen MR) is 97.7 cm³/mol. The number of aliphatic hydroxyl groups is 2. The quantitative estimate of drug-likeness (QED) is 0.724. The summed E-state index contributed by atoms with van der Waals surface area (Å²) in [6, 6.07) is 0. The molecule has 4 aliphatic carbocycles. The molecule has 0 unspecified atom stereocenters. The van der Waals surface area contributed by atoms with Crippen molar-refractivity contribution in [3.05, 3.63) is 23.8 Å². The van der Waals surface area contributed by atoms with Crippen LogP contribution in [0.5, 0.6) is 0 Å². The van der Waals surface area contributed by atoms with Crippen LogP contribution in [-0.4, -0.2) is 45.7 Å². The van der Waals surface area contributed by atoms with Crippen LogP contribution in [0.2, 0.25) is 0 Å². The summed E-state index contributed by atoms with van der Waals surface area (Å²) in [5.41, 5.74) is -1.55. The average Bonchev–Trinajstić information content (AvgIpc) is 3.31. The van der Waals surface area contributed by atoms with E-state index in [0.717, 1.165) is 24.8 Å². The van der Waals surface area contributed by atoms with Crippen LogP contribution < -0.4 is 0 Å². The summed E-state index contributed by atoms with van der Waals surface area (Å²) < 4.78 is 6.43. The number of hydrogen-bond donors (Lipinski definition) is 2. The van der Waals surface area contributed by atoms with Crippen molar-refractivity contribution in [2.45, 2.75) is 63.8 Å². The van der Waals surface area contributed by atoms with Crippen molar-refractivity contribution in [2.24, 2.45) is 28.6 Å². The van der Waals surface area contributed by atoms with Gasteiger partial charge in [0.25, 0.3) is 0 Å². The number of ether oxygens (including phenoxy) is 1. The van der Waals surface area contributed by atoms with Gasteiger partial charge in [-0.25, -0.2) is 0 Å². The minimum Gasteiger partial charge on any atom is -0.388 e. The number of allylic oxidation sites excluding steroid dienone is 2. The summed E-state index contributed by atoms with van der Waals surface area (Å²) in [6.07, 6.45) is 8.58. The van der Waals surface area contributed by atoms with E-state index in [0.29, 0.717) is 6.42 Å². The maximum absolute atomic E-state index is 12.6. The molecule has 3 saturated carbocycles. The van der Waals surface area contributed by atoms with Gasteiger partial charge in [0.05, 0.1) is 6.10 Å². The van der Waals surface area contributed by atoms with E-state index in [1.54, 1.807) is 12.2 Å². The normalized spacial score (nSPS) is 55.1. The first-order valence-electron chi connectivity index (χ1n) is 10.1. The van der Waals surface area contributed by atoms with Gasteiger partial charge in [-0.3, -0.25) is 9.59 Å². The fourth-order valence-electron chi connectivity index (χ4n) is 7.70. The Balaban J connectivity index is 1.60. The minimum atomic E-state index is -1.50. The molecule has 0 aromatic rings. The Labute approximate surface area is 159 Å². The number of carbonyl (C=O) groups excluding carboxylic acids is 2. The maximum atomic E-state index is 12.6. The first-order valence-corrected chi connectivity index (χ1v) is 10.1. The molecule has 0 amide bonds. The second kappa shape index (κ2) is 5.00. The van der Waals surface area contributed by atoms with Gasteiger partial charge in [0, 0.05) is 10.8 Å². The van der Waals surface area contributed by atoms with Crippen molar-refractivity contribution in [3.8, 4) is 0 Å². The number of ketones is 2. The first kappa shape index (κ1) is 17.8. The highest BCUT2D eigenvalue weighted by Gasteiger charge is 2.81. The first-order chi connectivity index (χ1) is 12.6. The van der Waals surface area contributed by atoms with Crippen molar-refractivity contribution in [3.63, 3.8) is 0 Å². The molecule has 8 atom stereocenters. The Morgan fingerprint density at radius 3 is 2.78 bits per heavy atom. The molecule has 146 valence electrons. The number of Topliss-reactive ketones (excluding diaryl/α,β-unsaturated/α-hetero) is 1. The summed E-state index contributed by atoms with van der Waals surface area (Å²) in [5.74, 6) is -0.193. The summed E-state index contributed by atoms with van der Waals surface area (Å²) in [5, 5.41) is 21.0. The van der Waals surface area contributed by atoms with E-state index in [1.165, 1.54) is 0 Å². The Kier molecular flexibility index (Phi) is 3.29. The number of hydrogen-bond acceptors (Lipinski definition) is 5. The van der Waals surface area contributed by atoms with E-state index < -0.39 is 23.4 Å². The Bertz CT molecular complexity index is 814. The van der Waals surface area contributed by atoms with Gasteiger partial charge < -0.3 is 14.9 Å². The Morgan fingerprint density at radius 1 is 1.33 bits per heavy atom. The molecular formula is C22H28O5. The Morgan fingerprint density at radius 2 is 2.07 bits per heavy atom. The summed E-state index contributed by atoms with van der Waals surface area (Å²) in [7, 11) is 0. The molecule has 1 saturated heterocycles. The van der Waals surface area contributed by atoms with E-state index in [-0.39, 0.29) is 40.7 Å². The minimum absolute atomic E-state index is 0.0291. The van der Waals surface area contributed by atoms with Gasteiger partial charge in [0.15, 0.2) is 11.6 Å². The van der Waals surface area contributed by atoms with Crippen LogP contribution in [0.1, 0.15) is 46.5 Å². The lowest BCUT2D eigenvalue weighted by molar-refractivity contribution is -0.165. The van der Waals surface area contributed by atoms with E-state index in [2.05, 4.69) is 6.92 Å². The summed E-state index contributed by atoms with van der Waals surface area (Å²) in [4.78, 5) is 24.5. The third-order valence-electron chi connectivity index (χ3n) is 9.08. The number of fused-ring (bicyclic) bond motifs is 3. The highest BCUT2D eigenvalue weighted by molar-refractivity contribution is 6.01. The number of carbonyl (C=O) groups is 2. The van der Waals surface area contributed by atoms with Gasteiger partial charge in [-0.2, -0.15) is 0 Å². The molecule has 1 heterocycles. The van der Waals surface area contributed by atoms with Crippen LogP contribution in [0, 0.1) is 28.6 Å². The van der Waals surface area contributed by atoms with Crippen LogP contribution in [0.3, 0.4) is 0 Å². The fourth-order valence-corrected chi connectivity index (χ4v) is 7.70. The van der Waals surface area contributed by atoms with Crippen LogP contribution in [0.25, 0.3) is 0 Å². The lowest BCUT2D eigenvalue weighted by Gasteiger charge is -2.55. The predicted octanol–water partition coefficient (Wildman–Crippen LogP) is 1.96. The second-order valence-electron chi connectivity index (χ2n) is 9.86. The highest BCUT2D eigenvalue weighted by Crippen LogP contribution is 2.76. The van der Waals surface area contributed by atoms with Gasteiger partial charge in [-0.1, -0.05) is 25.5 Å². The number of rotatable bonds is 2. The molecular weight excluding hydrogens is 344 g/mol. The molecule has 0 radical (unpaired) electrons. The van der Waals surface area contributed by atoms with Crippen LogP contribution >= 0.6 is 0 Å². The van der Waals surface area contributed by atoms with Crippen LogP contribution in [0.15, 0.2) is 23.8 Å². The van der Waals surface area contributed by atoms with E-state index in [1.807, 2.05) is 19.9 Å². The highest BCUT2D eigenvalue weighted by atomic mass is 16.6. The molecule has 0 bridgehead atoms. The lowest BCUT2D eigenvalue weighted by Crippen LogP contribution is -2.62. The zero-order valence-corrected chi connectivity index (χ0v) is 16.2. The lowest BCUT2D eigenvalue weighted by atomic mass is 9.46. The monoisotopic (exact) mass is 372 g/mol. The van der Waals surface area contributed by atoms with Crippen molar-refractivity contribution >= 4 is 11.6 Å². The molecule has 1 spiro atoms. The van der Waals surface area contributed by atoms with Crippen molar-refractivity contribution < 1.29 is 24.5 Å². The standard InChI is InChI=1S/C22H28O5/c1-12-8-16-15-5-4-13-9-14(24)6-7-19(13,2)22(15)18(27-22)10-20(16,3)21(12,26)17(25)11-23/h6-7,9,12,15-16,18,23,26H,4-5,8,10-11H2,1-3H3/t12-,15+,16+,18-,19-,20+,21+,22+/m0/s1. The molecule has 0 aromatic carbocycles. The number of aliphatic hydroxyl groups excluding tert-OH is 1. The average molecular weight is 372 g/mol. The van der Waals surface area contributed by atoms with E-state index >= 15 is 0 Å². The van der Waals surface area contributed by atoms with Crippen molar-refractivity contribution in [1.82, 2.24) is 0 Å². The maximum Gasteiger partial charge on any atom is 0.190 e. The number of epoxide rings is 1. The molecule has 4 fully saturated rings. The van der Waals surface area contributed by atoms with Gasteiger partial charge in [0.2, 0.25) is 0 Å². The third kappa shape index (κ3) is 1.73. The van der Waals surface area contributed by atoms with Crippen LogP contribution in [0.4, 0.5) is 0 Å². The smallest absolute Gasteiger partial charge is 0.190 e. The van der Waals surface area contributed by atoms with Gasteiger partial charge in [-0.05, 0) is 62.5 Å². The summed E-state index contributed by atoms with van der Waals surface area (Å²) >= 11 is 0. The second-order valence-corrected chi connectivity index (χ2v) is 9.86. The molecule has 0 aromatic heterocycles. The van der Waals surface area contributed by atoms with Gasteiger partial charge in [-0.15, -0.1) is 0 Å². The summed E-state index contributed by atoms with van der Waals surface area (Å²) in [6.45, 7) is 5.51. The van der Waals surface area contributed by atoms with Crippen molar-refractivity contribution in [1.29, 1.82) is 0 Å². The molecule has 5 rings (SSSR count). The zero-order chi connectivity index (χ0) is 19.4. The molecule has 5 nitrogen and oxygen atoms in total. The van der Waals surface area contributed by atoms with Crippen molar-refractivity contribution in [2.75, 3.05) is 6.61 Å². The van der Waals surface area contributed by atoms with Gasteiger partial charge >= 0.3 is 0 Å². The molecule has 5 heteroatoms. The van der Waals surface area contributed by atoms with E-state index in [9.17, 15) is 19.8 Å². The molecule has 27 heavy (non-hydrogen) atoms. The zero-order valence-electron chi connectivity index (χ0n) is 16.2. The van der Waals surface area contributed by atoms with Crippen LogP contribution in [-0.2, 0) is 14.3 Å². The molecule has 1 aliphatic heterocycles. The molecule has 5 aliphatic rings. The largest absolute Gasteiger partial charge is 0.388 e. The topological polar surface area (TPSA) is 87.1 Å².